The van der Waals surface area contributed by atoms with Gasteiger partial charge in [0.2, 0.25) is 5.43 Å². The zero-order valence-electron chi connectivity index (χ0n) is 16.7. The Labute approximate surface area is 173 Å². The number of carboxylic acid groups (broad SMARTS) is 1. The lowest BCUT2D eigenvalue weighted by Gasteiger charge is -2.31. The van der Waals surface area contributed by atoms with Crippen molar-refractivity contribution in [2.45, 2.75) is 38.1 Å². The van der Waals surface area contributed by atoms with Crippen molar-refractivity contribution < 1.29 is 14.3 Å². The molecule has 2 fully saturated rings. The molecule has 0 atom stereocenters. The highest BCUT2D eigenvalue weighted by Crippen LogP contribution is 2.37. The Morgan fingerprint density at radius 1 is 1.37 bits per heavy atom. The summed E-state index contributed by atoms with van der Waals surface area (Å²) in [6, 6.07) is 1.23. The van der Waals surface area contributed by atoms with E-state index < -0.39 is 17.2 Å². The summed E-state index contributed by atoms with van der Waals surface area (Å²) in [5.74, 6) is -1.72. The number of carboxylic acids is 1. The Balaban J connectivity index is 1.73. The van der Waals surface area contributed by atoms with Gasteiger partial charge in [0.05, 0.1) is 5.39 Å². The van der Waals surface area contributed by atoms with E-state index in [1.165, 1.54) is 17.3 Å². The molecule has 1 saturated carbocycles. The Hall–Kier alpha value is -3.00. The zero-order chi connectivity index (χ0) is 21.4. The number of pyridine rings is 2. The fraction of sp³-hybridized carbons (Fsp3) is 0.409. The minimum absolute atomic E-state index is 0.0112. The molecule has 3 heterocycles. The van der Waals surface area contributed by atoms with Gasteiger partial charge in [0, 0.05) is 31.9 Å². The third kappa shape index (κ3) is 3.63. The summed E-state index contributed by atoms with van der Waals surface area (Å²) in [4.78, 5) is 30.4. The van der Waals surface area contributed by atoms with Crippen LogP contribution in [0.2, 0.25) is 0 Å². The first-order valence-electron chi connectivity index (χ1n) is 10.2. The highest BCUT2D eigenvalue weighted by Gasteiger charge is 2.29. The largest absolute Gasteiger partial charge is 0.477 e. The maximum absolute atomic E-state index is 15.0. The number of fused-ring (bicyclic) bond motifs is 1. The average Bonchev–Trinajstić information content (AvgIpc) is 3.57. The van der Waals surface area contributed by atoms with Crippen LogP contribution in [0.25, 0.3) is 11.0 Å². The van der Waals surface area contributed by atoms with Crippen molar-refractivity contribution in [1.82, 2.24) is 9.55 Å². The third-order valence-corrected chi connectivity index (χ3v) is 5.91. The molecule has 0 bridgehead atoms. The van der Waals surface area contributed by atoms with E-state index in [1.54, 1.807) is 4.57 Å². The molecule has 3 N–H and O–H groups in total. The molecule has 0 spiro atoms. The van der Waals surface area contributed by atoms with Crippen LogP contribution >= 0.6 is 0 Å². The van der Waals surface area contributed by atoms with Crippen molar-refractivity contribution in [3.8, 4) is 0 Å². The van der Waals surface area contributed by atoms with Crippen LogP contribution < -0.4 is 16.1 Å². The molecule has 8 heteroatoms. The molecule has 2 aromatic rings. The van der Waals surface area contributed by atoms with E-state index in [-0.39, 0.29) is 22.8 Å². The number of anilines is 1. The van der Waals surface area contributed by atoms with Crippen molar-refractivity contribution in [3.63, 3.8) is 0 Å². The molecule has 1 saturated heterocycles. The Bertz CT molecular complexity index is 1110. The number of halogens is 1. The van der Waals surface area contributed by atoms with Crippen molar-refractivity contribution in [2.75, 3.05) is 24.5 Å². The number of carbonyl (C=O) groups is 1. The summed E-state index contributed by atoms with van der Waals surface area (Å²) in [6.45, 7) is 5.47. The van der Waals surface area contributed by atoms with Crippen LogP contribution in [0.3, 0.4) is 0 Å². The van der Waals surface area contributed by atoms with Crippen LogP contribution in [-0.2, 0) is 0 Å². The van der Waals surface area contributed by atoms with Crippen LogP contribution in [0.15, 0.2) is 40.9 Å². The van der Waals surface area contributed by atoms with E-state index in [0.29, 0.717) is 25.3 Å². The first kappa shape index (κ1) is 20.3. The summed E-state index contributed by atoms with van der Waals surface area (Å²) in [5.41, 5.74) is 7.62. The second kappa shape index (κ2) is 8.02. The lowest BCUT2D eigenvalue weighted by Crippen LogP contribution is -2.33. The van der Waals surface area contributed by atoms with Gasteiger partial charge in [0.15, 0.2) is 11.6 Å². The fourth-order valence-electron chi connectivity index (χ4n) is 4.13. The third-order valence-electron chi connectivity index (χ3n) is 5.91. The van der Waals surface area contributed by atoms with Gasteiger partial charge in [-0.1, -0.05) is 17.2 Å². The van der Waals surface area contributed by atoms with E-state index in [2.05, 4.69) is 11.6 Å². The molecule has 2 aromatic heterocycles. The molecule has 158 valence electrons. The van der Waals surface area contributed by atoms with Gasteiger partial charge in [-0.3, -0.25) is 4.79 Å². The molecule has 1 aliphatic carbocycles. The number of nitrogens with zero attached hydrogens (tertiary/aromatic N) is 3. The highest BCUT2D eigenvalue weighted by molar-refractivity contribution is 5.92. The standard InChI is InChI=1S/C22H25FN4O3/c1-2-3-14(11-24)13-6-8-26(9-7-13)21-18(23)10-16-19(28)17(22(29)30)12-27(15-4-5-15)20(16)25-21/h2,10,12,15H,1,3-9,11,24H2,(H,29,30). The van der Waals surface area contributed by atoms with Crippen LogP contribution in [0.5, 0.6) is 0 Å². The molecule has 4 rings (SSSR count). The number of hydrogen-bond acceptors (Lipinski definition) is 5. The van der Waals surface area contributed by atoms with Crippen molar-refractivity contribution >= 4 is 22.8 Å². The van der Waals surface area contributed by atoms with Crippen molar-refractivity contribution in [2.24, 2.45) is 5.73 Å². The van der Waals surface area contributed by atoms with Crippen molar-refractivity contribution in [1.29, 1.82) is 0 Å². The SMILES string of the molecule is C=CCC(CN)=C1CCN(c2nc3c(cc2F)c(=O)c(C(=O)O)cn3C2CC2)CC1. The number of piperidine rings is 1. The summed E-state index contributed by atoms with van der Waals surface area (Å²) in [5, 5.41) is 9.36. The van der Waals surface area contributed by atoms with Crippen LogP contribution in [0.1, 0.15) is 48.5 Å². The summed E-state index contributed by atoms with van der Waals surface area (Å²) in [7, 11) is 0. The number of hydrogen-bond donors (Lipinski definition) is 2. The first-order valence-corrected chi connectivity index (χ1v) is 10.2. The van der Waals surface area contributed by atoms with E-state index in [0.717, 1.165) is 38.2 Å². The Morgan fingerprint density at radius 2 is 2.07 bits per heavy atom. The minimum atomic E-state index is -1.31. The van der Waals surface area contributed by atoms with Gasteiger partial charge in [-0.15, -0.1) is 6.58 Å². The molecule has 0 radical (unpaired) electrons. The van der Waals surface area contributed by atoms with Gasteiger partial charge in [-0.2, -0.15) is 0 Å². The van der Waals surface area contributed by atoms with E-state index in [9.17, 15) is 19.1 Å². The summed E-state index contributed by atoms with van der Waals surface area (Å²) in [6.07, 6.45) is 7.25. The maximum Gasteiger partial charge on any atom is 0.341 e. The highest BCUT2D eigenvalue weighted by atomic mass is 19.1. The predicted molar refractivity (Wildman–Crippen MR) is 114 cm³/mol. The van der Waals surface area contributed by atoms with Crippen LogP contribution in [0, 0.1) is 5.82 Å². The Kier molecular flexibility index (Phi) is 5.42. The lowest BCUT2D eigenvalue weighted by molar-refractivity contribution is 0.0695. The van der Waals surface area contributed by atoms with Gasteiger partial charge < -0.3 is 20.3 Å². The van der Waals surface area contributed by atoms with Gasteiger partial charge >= 0.3 is 5.97 Å². The molecule has 2 aliphatic rings. The maximum atomic E-state index is 15.0. The van der Waals surface area contributed by atoms with Crippen molar-refractivity contribution in [3.05, 3.63) is 57.7 Å². The second-order valence-electron chi connectivity index (χ2n) is 7.87. The second-order valence-corrected chi connectivity index (χ2v) is 7.87. The molecule has 0 unspecified atom stereocenters. The summed E-state index contributed by atoms with van der Waals surface area (Å²) < 4.78 is 16.7. The quantitative estimate of drug-likeness (QED) is 0.708. The molecule has 1 aliphatic heterocycles. The number of aromatic nitrogens is 2. The van der Waals surface area contributed by atoms with Gasteiger partial charge in [-0.25, -0.2) is 14.2 Å². The Morgan fingerprint density at radius 3 is 2.63 bits per heavy atom. The number of allylic oxidation sites excluding steroid dienone is 1. The zero-order valence-corrected chi connectivity index (χ0v) is 16.7. The van der Waals surface area contributed by atoms with Crippen LogP contribution in [0.4, 0.5) is 10.2 Å². The molecule has 7 nitrogen and oxygen atoms in total. The molecule has 0 amide bonds. The number of rotatable bonds is 6. The van der Waals surface area contributed by atoms with E-state index in [1.807, 2.05) is 11.0 Å². The van der Waals surface area contributed by atoms with Gasteiger partial charge in [0.25, 0.3) is 0 Å². The van der Waals surface area contributed by atoms with E-state index in [4.69, 9.17) is 5.73 Å². The van der Waals surface area contributed by atoms with Gasteiger partial charge in [0.1, 0.15) is 11.2 Å². The average molecular weight is 412 g/mol. The first-order chi connectivity index (χ1) is 14.4. The topological polar surface area (TPSA) is 101 Å². The van der Waals surface area contributed by atoms with E-state index >= 15 is 0 Å². The molecule has 0 aromatic carbocycles. The lowest BCUT2D eigenvalue weighted by atomic mass is 9.96. The number of nitrogens with two attached hydrogens (primary N) is 1. The number of aromatic carboxylic acids is 1. The molecular formula is C22H25FN4O3. The monoisotopic (exact) mass is 412 g/mol. The molecular weight excluding hydrogens is 387 g/mol. The molecule has 30 heavy (non-hydrogen) atoms. The summed E-state index contributed by atoms with van der Waals surface area (Å²) >= 11 is 0. The van der Waals surface area contributed by atoms with Gasteiger partial charge in [-0.05, 0) is 38.2 Å². The predicted octanol–water partition coefficient (Wildman–Crippen LogP) is 3.00. The normalized spacial score (nSPS) is 16.7. The smallest absolute Gasteiger partial charge is 0.341 e. The van der Waals surface area contributed by atoms with Crippen LogP contribution in [-0.4, -0.2) is 40.3 Å². The minimum Gasteiger partial charge on any atom is -0.477 e. The fourth-order valence-corrected chi connectivity index (χ4v) is 4.13.